The zero-order valence-electron chi connectivity index (χ0n) is 27.0. The molecule has 3 aromatic rings. The van der Waals surface area contributed by atoms with E-state index in [0.29, 0.717) is 6.54 Å². The smallest absolute Gasteiger partial charge is 0.384 e. The average molecular weight is 762 g/mol. The van der Waals surface area contributed by atoms with Gasteiger partial charge < -0.3 is 17.7 Å². The van der Waals surface area contributed by atoms with Crippen LogP contribution in [-0.4, -0.2) is 13.4 Å². The molecule has 7 heteroatoms. The van der Waals surface area contributed by atoms with E-state index in [1.165, 1.54) is 17.2 Å². The molecule has 0 spiro atoms. The standard InChI is InChI=1S/C24H27N3O2S.C6H9.2C2H6.CH3.W/c1-18-8-4-5-11-23(18)19(2)14-20(3)26-16-21-9-6-10-22(15-21)17-27-30(28,29)24-12-7-13-25-24;1-4-5-6(2)3;2*1-2;;/h4-15,25-27H,2,16-17H2,1,3H3;4H,1H2,2-3H3;2*1-2H3;1H3;/q;-1;;;-1;+2/b20-14+;;;;;. The van der Waals surface area contributed by atoms with Crippen molar-refractivity contribution in [2.45, 2.75) is 73.5 Å². The van der Waals surface area contributed by atoms with E-state index < -0.39 is 10.0 Å². The van der Waals surface area contributed by atoms with Crippen LogP contribution in [0.5, 0.6) is 0 Å². The monoisotopic (exact) mass is 761 g/mol. The molecule has 0 saturated heterocycles. The zero-order valence-corrected chi connectivity index (χ0v) is 30.7. The van der Waals surface area contributed by atoms with Crippen molar-refractivity contribution >= 4 is 15.6 Å². The van der Waals surface area contributed by atoms with E-state index in [1.807, 2.05) is 90.9 Å². The number of allylic oxidation sites excluding steroid dienone is 6. The van der Waals surface area contributed by atoms with Gasteiger partial charge in [0.1, 0.15) is 5.03 Å². The maximum Gasteiger partial charge on any atom is 2.00 e. The van der Waals surface area contributed by atoms with Crippen LogP contribution in [0, 0.1) is 20.4 Å². The summed E-state index contributed by atoms with van der Waals surface area (Å²) in [4.78, 5) is 2.71. The molecule has 3 rings (SSSR count). The molecule has 0 amide bonds. The van der Waals surface area contributed by atoms with Gasteiger partial charge in [-0.2, -0.15) is 5.57 Å². The molecule has 2 aromatic carbocycles. The first kappa shape index (κ1) is 43.5. The van der Waals surface area contributed by atoms with Crippen LogP contribution in [0.25, 0.3) is 5.57 Å². The Bertz CT molecular complexity index is 1320. The molecule has 1 heterocycles. The van der Waals surface area contributed by atoms with Crippen molar-refractivity contribution in [2.24, 2.45) is 0 Å². The summed E-state index contributed by atoms with van der Waals surface area (Å²) in [5.41, 5.74) is 7.45. The van der Waals surface area contributed by atoms with E-state index in [1.54, 1.807) is 18.3 Å². The molecule has 5 nitrogen and oxygen atoms in total. The van der Waals surface area contributed by atoms with Crippen molar-refractivity contribution in [3.8, 4) is 0 Å². The Hall–Kier alpha value is -2.92. The topological polar surface area (TPSA) is 74.0 Å². The fraction of sp³-hybridized carbons (Fsp3) is 0.286. The van der Waals surface area contributed by atoms with Gasteiger partial charge in [0.15, 0.2) is 0 Å². The van der Waals surface area contributed by atoms with Crippen LogP contribution < -0.4 is 10.0 Å². The van der Waals surface area contributed by atoms with Gasteiger partial charge in [0.2, 0.25) is 0 Å². The third-order valence-corrected chi connectivity index (χ3v) is 6.52. The van der Waals surface area contributed by atoms with E-state index in [9.17, 15) is 8.42 Å². The first-order valence-corrected chi connectivity index (χ1v) is 15.2. The normalized spacial score (nSPS) is 9.86. The number of benzene rings is 2. The molecule has 230 valence electrons. The molecule has 0 saturated carbocycles. The van der Waals surface area contributed by atoms with Gasteiger partial charge in [0, 0.05) is 25.0 Å². The zero-order chi connectivity index (χ0) is 30.6. The van der Waals surface area contributed by atoms with Gasteiger partial charge in [0.25, 0.3) is 10.0 Å². The maximum absolute atomic E-state index is 12.2. The molecule has 0 bridgehead atoms. The van der Waals surface area contributed by atoms with Crippen LogP contribution in [0.3, 0.4) is 0 Å². The van der Waals surface area contributed by atoms with E-state index in [2.05, 4.69) is 53.3 Å². The van der Waals surface area contributed by atoms with Crippen LogP contribution in [0.4, 0.5) is 0 Å². The summed E-state index contributed by atoms with van der Waals surface area (Å²) in [6.45, 7) is 24.6. The number of sulfonamides is 1. The third kappa shape index (κ3) is 17.1. The number of hydrogen-bond acceptors (Lipinski definition) is 3. The summed E-state index contributed by atoms with van der Waals surface area (Å²) in [5.74, 6) is 0. The molecular formula is C35H51N3O2SW. The molecule has 0 fully saturated rings. The van der Waals surface area contributed by atoms with Gasteiger partial charge in [-0.25, -0.2) is 25.8 Å². The second-order valence-electron chi connectivity index (χ2n) is 8.55. The van der Waals surface area contributed by atoms with Crippen LogP contribution in [0.1, 0.15) is 70.7 Å². The molecule has 42 heavy (non-hydrogen) atoms. The largest absolute Gasteiger partial charge is 2.00 e. The molecule has 0 aliphatic rings. The molecule has 0 aliphatic heterocycles. The minimum Gasteiger partial charge on any atom is -0.384 e. The average Bonchev–Trinajstić information content (AvgIpc) is 3.50. The van der Waals surface area contributed by atoms with Gasteiger partial charge in [-0.3, -0.25) is 6.08 Å². The summed E-state index contributed by atoms with van der Waals surface area (Å²) in [7, 11) is -3.54. The van der Waals surface area contributed by atoms with Gasteiger partial charge in [-0.05, 0) is 59.9 Å². The first-order valence-electron chi connectivity index (χ1n) is 13.7. The number of nitrogens with one attached hydrogen (secondary N) is 3. The summed E-state index contributed by atoms with van der Waals surface area (Å²) >= 11 is 0. The van der Waals surface area contributed by atoms with Gasteiger partial charge >= 0.3 is 21.1 Å². The Labute approximate surface area is 271 Å². The molecule has 0 radical (unpaired) electrons. The first-order chi connectivity index (χ1) is 19.1. The number of aryl methyl sites for hydroxylation is 1. The predicted octanol–water partition coefficient (Wildman–Crippen LogP) is 8.95. The van der Waals surface area contributed by atoms with Crippen LogP contribution in [-0.2, 0) is 44.2 Å². The molecule has 0 atom stereocenters. The second kappa shape index (κ2) is 24.7. The molecule has 1 aromatic heterocycles. The third-order valence-electron chi connectivity index (χ3n) is 5.16. The Kier molecular flexibility index (Phi) is 25.6. The quantitative estimate of drug-likeness (QED) is 0.143. The van der Waals surface area contributed by atoms with E-state index in [0.717, 1.165) is 28.0 Å². The Morgan fingerprint density at radius 2 is 1.52 bits per heavy atom. The van der Waals surface area contributed by atoms with Crippen molar-refractivity contribution in [3.63, 3.8) is 0 Å². The van der Waals surface area contributed by atoms with Gasteiger partial charge in [-0.1, -0.05) is 96.7 Å². The van der Waals surface area contributed by atoms with Gasteiger partial charge in [0.05, 0.1) is 0 Å². The van der Waals surface area contributed by atoms with Crippen molar-refractivity contribution in [3.05, 3.63) is 139 Å². The Morgan fingerprint density at radius 1 is 0.929 bits per heavy atom. The van der Waals surface area contributed by atoms with E-state index >= 15 is 0 Å². The van der Waals surface area contributed by atoms with Crippen molar-refractivity contribution in [2.75, 3.05) is 0 Å². The van der Waals surface area contributed by atoms with Crippen LogP contribution in [0.15, 0.2) is 108 Å². The van der Waals surface area contributed by atoms with Gasteiger partial charge in [-0.15, -0.1) is 0 Å². The number of rotatable bonds is 10. The van der Waals surface area contributed by atoms with Crippen LogP contribution in [0.2, 0.25) is 0 Å². The molecule has 0 unspecified atom stereocenters. The SMILES string of the molecule is C=C(/C=C(\C)NCc1cccc(CNS(=O)(=O)c2ccc[nH]2)c1)c1ccccc1C.C=C[C-]=C(C)C.CC.CC.[CH3-].[W+2]. The number of aromatic nitrogens is 1. The molecular weight excluding hydrogens is 710 g/mol. The van der Waals surface area contributed by atoms with Crippen molar-refractivity contribution in [1.29, 1.82) is 0 Å². The predicted molar refractivity (Wildman–Crippen MR) is 179 cm³/mol. The van der Waals surface area contributed by atoms with E-state index in [4.69, 9.17) is 0 Å². The van der Waals surface area contributed by atoms with Crippen LogP contribution >= 0.6 is 0 Å². The molecule has 0 aliphatic carbocycles. The second-order valence-corrected chi connectivity index (χ2v) is 10.3. The summed E-state index contributed by atoms with van der Waals surface area (Å²) in [6.07, 6.45) is 8.18. The Balaban J connectivity index is -0.00000111. The van der Waals surface area contributed by atoms with Crippen molar-refractivity contribution < 1.29 is 29.5 Å². The summed E-state index contributed by atoms with van der Waals surface area (Å²) in [5, 5.41) is 3.56. The summed E-state index contributed by atoms with van der Waals surface area (Å²) < 4.78 is 27.1. The number of hydrogen-bond donors (Lipinski definition) is 3. The van der Waals surface area contributed by atoms with Crippen molar-refractivity contribution in [1.82, 2.24) is 15.0 Å². The number of aromatic amines is 1. The minimum absolute atomic E-state index is 0. The van der Waals surface area contributed by atoms with E-state index in [-0.39, 0.29) is 40.1 Å². The number of H-pyrrole nitrogens is 1. The Morgan fingerprint density at radius 3 is 2.02 bits per heavy atom. The maximum atomic E-state index is 12.2. The fourth-order valence-corrected chi connectivity index (χ4v) is 4.35. The molecule has 3 N–H and O–H groups in total. The minimum atomic E-state index is -3.54. The fourth-order valence-electron chi connectivity index (χ4n) is 3.36. The summed E-state index contributed by atoms with van der Waals surface area (Å²) in [6, 6.07) is 19.2.